The summed E-state index contributed by atoms with van der Waals surface area (Å²) in [7, 11) is -3.32. The average molecular weight is 666 g/mol. The Morgan fingerprint density at radius 1 is 0.727 bits per heavy atom. The van der Waals surface area contributed by atoms with Gasteiger partial charge < -0.3 is 14.9 Å². The first-order valence-corrected chi connectivity index (χ1v) is 19.1. The van der Waals surface area contributed by atoms with Gasteiger partial charge in [-0.15, -0.1) is 0 Å². The highest BCUT2D eigenvalue weighted by atomic mass is 35.5. The minimum absolute atomic E-state index is 0.278. The third kappa shape index (κ3) is 8.99. The molecule has 0 aromatic heterocycles. The maximum atomic E-state index is 11.1. The molecule has 0 amide bonds. The van der Waals surface area contributed by atoms with Crippen LogP contribution in [0.5, 0.6) is 0 Å². The maximum Gasteiger partial charge on any atom is 0.264 e. The van der Waals surface area contributed by atoms with Crippen LogP contribution in [0.4, 0.5) is 0 Å². The molecule has 4 aliphatic rings. The molecule has 0 atom stereocenters. The lowest BCUT2D eigenvalue weighted by molar-refractivity contribution is 0.0869. The standard InChI is InChI=1S/C18H26ClNO3S.C17H24ClNO/c1-24(21,22)23-13-15-7-11-20(12-8-15)14-18(9-2-10-18)16-3-5-17(19)6-4-16;18-16-4-2-15(3-5-16)17(8-1-9-17)13-19-10-6-14(12-20)7-11-19/h3-6,15H,2,7-14H2,1H3;2-5,14,20H,1,6-13H2. The van der Waals surface area contributed by atoms with Gasteiger partial charge in [0.05, 0.1) is 12.9 Å². The molecule has 6 nitrogen and oxygen atoms in total. The van der Waals surface area contributed by atoms with E-state index in [4.69, 9.17) is 27.4 Å². The topological polar surface area (TPSA) is 70.1 Å². The first kappa shape index (κ1) is 34.2. The van der Waals surface area contributed by atoms with E-state index in [0.29, 0.717) is 30.5 Å². The van der Waals surface area contributed by atoms with Crippen LogP contribution in [0, 0.1) is 11.8 Å². The minimum atomic E-state index is -3.32. The van der Waals surface area contributed by atoms with Crippen molar-refractivity contribution in [1.82, 2.24) is 9.80 Å². The minimum Gasteiger partial charge on any atom is -0.396 e. The lowest BCUT2D eigenvalue weighted by atomic mass is 9.64. The Morgan fingerprint density at radius 3 is 1.43 bits per heavy atom. The summed E-state index contributed by atoms with van der Waals surface area (Å²) in [5, 5.41) is 10.9. The molecular weight excluding hydrogens is 615 g/mol. The Hall–Kier alpha value is -1.19. The number of benzene rings is 2. The average Bonchev–Trinajstić information content (AvgIpc) is 2.98. The highest BCUT2D eigenvalue weighted by molar-refractivity contribution is 7.85. The molecule has 244 valence electrons. The van der Waals surface area contributed by atoms with Crippen LogP contribution in [0.1, 0.15) is 75.3 Å². The summed E-state index contributed by atoms with van der Waals surface area (Å²) in [6.07, 6.45) is 13.1. The number of nitrogens with zero attached hydrogens (tertiary/aromatic N) is 2. The Morgan fingerprint density at radius 2 is 1.11 bits per heavy atom. The zero-order valence-electron chi connectivity index (χ0n) is 26.2. The largest absolute Gasteiger partial charge is 0.396 e. The molecule has 2 aromatic rings. The van der Waals surface area contributed by atoms with Crippen molar-refractivity contribution >= 4 is 33.3 Å². The van der Waals surface area contributed by atoms with E-state index in [9.17, 15) is 13.5 Å². The van der Waals surface area contributed by atoms with Crippen LogP contribution in [0.2, 0.25) is 10.0 Å². The highest BCUT2D eigenvalue weighted by Gasteiger charge is 2.41. The van der Waals surface area contributed by atoms with E-state index < -0.39 is 10.1 Å². The van der Waals surface area contributed by atoms with Crippen LogP contribution in [0.25, 0.3) is 0 Å². The number of halogens is 2. The van der Waals surface area contributed by atoms with Crippen molar-refractivity contribution in [2.24, 2.45) is 11.8 Å². The fourth-order valence-corrected chi connectivity index (χ4v) is 8.30. The number of rotatable bonds is 10. The SMILES string of the molecule is CS(=O)(=O)OCC1CCN(CC2(c3ccc(Cl)cc3)CCC2)CC1.OCC1CCN(CC2(c3ccc(Cl)cc3)CCC2)CC1. The van der Waals surface area contributed by atoms with Gasteiger partial charge in [0, 0.05) is 40.6 Å². The molecule has 2 saturated carbocycles. The van der Waals surface area contributed by atoms with Gasteiger partial charge in [0.15, 0.2) is 0 Å². The van der Waals surface area contributed by atoms with Gasteiger partial charge in [-0.25, -0.2) is 0 Å². The van der Waals surface area contributed by atoms with Gasteiger partial charge in [-0.1, -0.05) is 60.3 Å². The summed E-state index contributed by atoms with van der Waals surface area (Å²) < 4.78 is 27.2. The molecular formula is C35H50Cl2N2O4S. The van der Waals surface area contributed by atoms with Crippen molar-refractivity contribution in [3.8, 4) is 0 Å². The van der Waals surface area contributed by atoms with E-state index in [0.717, 1.165) is 74.7 Å². The summed E-state index contributed by atoms with van der Waals surface area (Å²) in [4.78, 5) is 5.13. The first-order chi connectivity index (χ1) is 21.1. The molecule has 1 N–H and O–H groups in total. The fourth-order valence-electron chi connectivity index (χ4n) is 7.60. The monoisotopic (exact) mass is 664 g/mol. The predicted molar refractivity (Wildman–Crippen MR) is 180 cm³/mol. The number of piperidine rings is 2. The van der Waals surface area contributed by atoms with Gasteiger partial charge in [-0.05, 0) is 125 Å². The first-order valence-electron chi connectivity index (χ1n) is 16.5. The fraction of sp³-hybridized carbons (Fsp3) is 0.657. The molecule has 0 bridgehead atoms. The van der Waals surface area contributed by atoms with E-state index in [2.05, 4.69) is 34.1 Å². The predicted octanol–water partition coefficient (Wildman–Crippen LogP) is 6.92. The quantitative estimate of drug-likeness (QED) is 0.278. The third-order valence-electron chi connectivity index (χ3n) is 10.8. The van der Waals surface area contributed by atoms with Crippen molar-refractivity contribution in [3.05, 3.63) is 69.7 Å². The molecule has 2 aliphatic heterocycles. The molecule has 9 heteroatoms. The van der Waals surface area contributed by atoms with Crippen molar-refractivity contribution in [2.75, 3.05) is 58.7 Å². The van der Waals surface area contributed by atoms with Crippen LogP contribution in [0.15, 0.2) is 48.5 Å². The number of likely N-dealkylation sites (tertiary alicyclic amines) is 2. The lowest BCUT2D eigenvalue weighted by Crippen LogP contribution is -2.48. The Kier molecular flexibility index (Phi) is 11.8. The van der Waals surface area contributed by atoms with Gasteiger partial charge >= 0.3 is 0 Å². The number of hydrogen-bond donors (Lipinski definition) is 1. The van der Waals surface area contributed by atoms with Gasteiger partial charge in [-0.2, -0.15) is 8.42 Å². The summed E-state index contributed by atoms with van der Waals surface area (Å²) in [5.41, 5.74) is 3.50. The summed E-state index contributed by atoms with van der Waals surface area (Å²) in [6, 6.07) is 16.8. The van der Waals surface area contributed by atoms with Gasteiger partial charge in [0.1, 0.15) is 0 Å². The maximum absolute atomic E-state index is 11.1. The lowest BCUT2D eigenvalue weighted by Gasteiger charge is -2.47. The molecule has 6 rings (SSSR count). The Bertz CT molecular complexity index is 1280. The van der Waals surface area contributed by atoms with E-state index in [1.54, 1.807) is 0 Å². The zero-order chi connectivity index (χ0) is 31.2. The van der Waals surface area contributed by atoms with Crippen molar-refractivity contribution in [1.29, 1.82) is 0 Å². The zero-order valence-corrected chi connectivity index (χ0v) is 28.6. The Labute approximate surface area is 275 Å². The van der Waals surface area contributed by atoms with E-state index >= 15 is 0 Å². The van der Waals surface area contributed by atoms with Crippen LogP contribution < -0.4 is 0 Å². The van der Waals surface area contributed by atoms with Gasteiger partial charge in [0.2, 0.25) is 0 Å². The second-order valence-corrected chi connectivity index (χ2v) is 16.4. The van der Waals surface area contributed by atoms with Crippen molar-refractivity contribution in [2.45, 2.75) is 75.0 Å². The molecule has 2 saturated heterocycles. The molecule has 0 spiro atoms. The van der Waals surface area contributed by atoms with Crippen LogP contribution in [0.3, 0.4) is 0 Å². The van der Waals surface area contributed by atoms with Crippen LogP contribution >= 0.6 is 23.2 Å². The van der Waals surface area contributed by atoms with E-state index in [1.165, 1.54) is 56.2 Å². The molecule has 2 heterocycles. The molecule has 2 aliphatic carbocycles. The summed E-state index contributed by atoms with van der Waals surface area (Å²) in [5.74, 6) is 0.878. The smallest absolute Gasteiger partial charge is 0.264 e. The molecule has 44 heavy (non-hydrogen) atoms. The molecule has 0 radical (unpaired) electrons. The normalized spacial score (nSPS) is 22.8. The molecule has 0 unspecified atom stereocenters. The second-order valence-electron chi connectivity index (χ2n) is 13.9. The number of aliphatic hydroxyl groups is 1. The van der Waals surface area contributed by atoms with Crippen LogP contribution in [-0.4, -0.2) is 82.1 Å². The highest BCUT2D eigenvalue weighted by Crippen LogP contribution is 2.46. The van der Waals surface area contributed by atoms with Gasteiger partial charge in [0.25, 0.3) is 10.1 Å². The molecule has 4 fully saturated rings. The molecule has 2 aromatic carbocycles. The van der Waals surface area contributed by atoms with Crippen molar-refractivity contribution < 1.29 is 17.7 Å². The third-order valence-corrected chi connectivity index (χ3v) is 11.8. The number of aliphatic hydroxyl groups excluding tert-OH is 1. The summed E-state index contributed by atoms with van der Waals surface area (Å²) in [6.45, 7) is 7.27. The van der Waals surface area contributed by atoms with Crippen molar-refractivity contribution in [3.63, 3.8) is 0 Å². The number of hydrogen-bond acceptors (Lipinski definition) is 6. The second kappa shape index (κ2) is 15.1. The Balaban J connectivity index is 0.000000177. The summed E-state index contributed by atoms with van der Waals surface area (Å²) >= 11 is 12.0. The van der Waals surface area contributed by atoms with E-state index in [-0.39, 0.29) is 5.41 Å². The van der Waals surface area contributed by atoms with E-state index in [1.807, 2.05) is 24.3 Å². The van der Waals surface area contributed by atoms with Gasteiger partial charge in [-0.3, -0.25) is 4.18 Å². The van der Waals surface area contributed by atoms with Crippen LogP contribution in [-0.2, 0) is 25.1 Å².